The Morgan fingerprint density at radius 3 is 1.50 bits per heavy atom. The van der Waals surface area contributed by atoms with Crippen LogP contribution in [0.2, 0.25) is 0 Å². The Hall–Kier alpha value is -0.880. The van der Waals surface area contributed by atoms with E-state index in [0.717, 1.165) is 0 Å². The molecule has 0 atom stereocenters. The maximum absolute atomic E-state index is 6.45. The van der Waals surface area contributed by atoms with Crippen molar-refractivity contribution in [2.75, 3.05) is 39.5 Å². The van der Waals surface area contributed by atoms with E-state index in [-0.39, 0.29) is 0 Å². The minimum absolute atomic E-state index is 0.405. The minimum atomic E-state index is 0.405. The van der Waals surface area contributed by atoms with E-state index in [9.17, 15) is 0 Å². The third-order valence-electron chi connectivity index (χ3n) is 1.07. The fourth-order valence-electron chi connectivity index (χ4n) is 0.542. The average molecular weight is 174 g/mol. The molecule has 2 N–H and O–H groups in total. The zero-order chi connectivity index (χ0) is 9.07. The SMILES string of the molecule is N=NCCOCCOCCN=N. The van der Waals surface area contributed by atoms with E-state index in [1.54, 1.807) is 0 Å². The normalized spacial score (nSPS) is 9.67. The average Bonchev–Trinajstić information content (AvgIpc) is 2.10. The molecule has 0 spiro atoms. The van der Waals surface area contributed by atoms with Crippen molar-refractivity contribution < 1.29 is 9.47 Å². The van der Waals surface area contributed by atoms with Crippen LogP contribution in [0.1, 0.15) is 0 Å². The van der Waals surface area contributed by atoms with Crippen LogP contribution in [0.4, 0.5) is 0 Å². The van der Waals surface area contributed by atoms with Crippen molar-refractivity contribution in [1.29, 1.82) is 11.1 Å². The molecule has 12 heavy (non-hydrogen) atoms. The molecule has 6 nitrogen and oxygen atoms in total. The molecule has 0 aliphatic rings. The van der Waals surface area contributed by atoms with Crippen LogP contribution in [-0.2, 0) is 9.47 Å². The molecule has 0 saturated carbocycles. The smallest absolute Gasteiger partial charge is 0.0830 e. The number of hydrogen-bond acceptors (Lipinski definition) is 6. The molecule has 0 heterocycles. The van der Waals surface area contributed by atoms with E-state index in [2.05, 4.69) is 10.2 Å². The van der Waals surface area contributed by atoms with Gasteiger partial charge in [0.15, 0.2) is 0 Å². The fraction of sp³-hybridized carbons (Fsp3) is 1.00. The quantitative estimate of drug-likeness (QED) is 0.404. The van der Waals surface area contributed by atoms with Gasteiger partial charge in [0.1, 0.15) is 0 Å². The van der Waals surface area contributed by atoms with Crippen LogP contribution in [0.15, 0.2) is 10.2 Å². The first-order valence-corrected chi connectivity index (χ1v) is 3.73. The third-order valence-corrected chi connectivity index (χ3v) is 1.07. The highest BCUT2D eigenvalue weighted by molar-refractivity contribution is 4.36. The van der Waals surface area contributed by atoms with E-state index in [1.807, 2.05) is 0 Å². The molecule has 0 radical (unpaired) electrons. The van der Waals surface area contributed by atoms with Crippen molar-refractivity contribution in [2.45, 2.75) is 0 Å². The van der Waals surface area contributed by atoms with Gasteiger partial charge in [0, 0.05) is 0 Å². The van der Waals surface area contributed by atoms with E-state index in [0.29, 0.717) is 39.5 Å². The summed E-state index contributed by atoms with van der Waals surface area (Å²) in [4.78, 5) is 0. The van der Waals surface area contributed by atoms with Gasteiger partial charge in [-0.15, -0.1) is 0 Å². The predicted molar refractivity (Wildman–Crippen MR) is 41.7 cm³/mol. The highest BCUT2D eigenvalue weighted by atomic mass is 16.5. The maximum Gasteiger partial charge on any atom is 0.0830 e. The molecular weight excluding hydrogens is 160 g/mol. The van der Waals surface area contributed by atoms with Gasteiger partial charge < -0.3 is 9.47 Å². The van der Waals surface area contributed by atoms with Crippen LogP contribution >= 0.6 is 0 Å². The van der Waals surface area contributed by atoms with Gasteiger partial charge in [0.05, 0.1) is 39.5 Å². The van der Waals surface area contributed by atoms with E-state index in [4.69, 9.17) is 20.5 Å². The summed E-state index contributed by atoms with van der Waals surface area (Å²) in [6, 6.07) is 0. The van der Waals surface area contributed by atoms with E-state index >= 15 is 0 Å². The Morgan fingerprint density at radius 1 is 0.750 bits per heavy atom. The van der Waals surface area contributed by atoms with Crippen LogP contribution in [0, 0.1) is 11.1 Å². The summed E-state index contributed by atoms with van der Waals surface area (Å²) >= 11 is 0. The third kappa shape index (κ3) is 9.12. The number of rotatable bonds is 9. The minimum Gasteiger partial charge on any atom is -0.377 e. The Bertz CT molecular complexity index is 106. The lowest BCUT2D eigenvalue weighted by Crippen LogP contribution is -2.08. The van der Waals surface area contributed by atoms with Crippen molar-refractivity contribution in [3.8, 4) is 0 Å². The Morgan fingerprint density at radius 2 is 1.17 bits per heavy atom. The molecule has 0 saturated heterocycles. The standard InChI is InChI=1S/C6H14N4O2/c7-9-1-3-11-5-6-12-4-2-10-8/h7-8H,1-6H2. The molecule has 6 heteroatoms. The first-order valence-electron chi connectivity index (χ1n) is 3.73. The fourth-order valence-corrected chi connectivity index (χ4v) is 0.542. The van der Waals surface area contributed by atoms with Gasteiger partial charge in [0.25, 0.3) is 0 Å². The van der Waals surface area contributed by atoms with Crippen LogP contribution in [0.3, 0.4) is 0 Å². The second-order valence-corrected chi connectivity index (χ2v) is 1.99. The van der Waals surface area contributed by atoms with Gasteiger partial charge in [-0.05, 0) is 0 Å². The van der Waals surface area contributed by atoms with Gasteiger partial charge in [-0.3, -0.25) is 0 Å². The van der Waals surface area contributed by atoms with Gasteiger partial charge in [-0.2, -0.15) is 10.2 Å². The largest absolute Gasteiger partial charge is 0.377 e. The number of ether oxygens (including phenoxy) is 2. The van der Waals surface area contributed by atoms with Gasteiger partial charge in [0.2, 0.25) is 0 Å². The zero-order valence-electron chi connectivity index (χ0n) is 6.95. The monoisotopic (exact) mass is 174 g/mol. The van der Waals surface area contributed by atoms with Gasteiger partial charge in [-0.25, -0.2) is 11.1 Å². The molecule has 0 aromatic heterocycles. The van der Waals surface area contributed by atoms with Crippen molar-refractivity contribution >= 4 is 0 Å². The van der Waals surface area contributed by atoms with Gasteiger partial charge in [-0.1, -0.05) is 0 Å². The van der Waals surface area contributed by atoms with Crippen molar-refractivity contribution in [2.24, 2.45) is 10.2 Å². The molecule has 0 amide bonds. The van der Waals surface area contributed by atoms with E-state index in [1.165, 1.54) is 0 Å². The Balaban J connectivity index is 2.81. The second kappa shape index (κ2) is 10.1. The van der Waals surface area contributed by atoms with E-state index < -0.39 is 0 Å². The molecule has 0 unspecified atom stereocenters. The van der Waals surface area contributed by atoms with Gasteiger partial charge >= 0.3 is 0 Å². The molecule has 0 rings (SSSR count). The molecule has 0 aliphatic carbocycles. The second-order valence-electron chi connectivity index (χ2n) is 1.99. The predicted octanol–water partition coefficient (Wildman–Crippen LogP) is 1.08. The Kier molecular flexibility index (Phi) is 9.38. The molecular formula is C6H14N4O2. The summed E-state index contributed by atoms with van der Waals surface area (Å²) in [5.74, 6) is 0. The van der Waals surface area contributed by atoms with Crippen LogP contribution in [0.5, 0.6) is 0 Å². The zero-order valence-corrected chi connectivity index (χ0v) is 6.95. The topological polar surface area (TPSA) is 90.9 Å². The number of hydrogen-bond donors (Lipinski definition) is 2. The summed E-state index contributed by atoms with van der Waals surface area (Å²) in [7, 11) is 0. The summed E-state index contributed by atoms with van der Waals surface area (Å²) in [5, 5.41) is 6.25. The summed E-state index contributed by atoms with van der Waals surface area (Å²) in [6.07, 6.45) is 0. The summed E-state index contributed by atoms with van der Waals surface area (Å²) in [5.41, 5.74) is 12.9. The molecule has 0 aliphatic heterocycles. The maximum atomic E-state index is 6.45. The molecule has 0 aromatic carbocycles. The number of nitrogens with zero attached hydrogens (tertiary/aromatic N) is 2. The first kappa shape index (κ1) is 11.1. The molecule has 0 aromatic rings. The summed E-state index contributed by atoms with van der Waals surface area (Å²) in [6.45, 7) is 2.76. The molecule has 0 fully saturated rings. The highest BCUT2D eigenvalue weighted by Gasteiger charge is 1.88. The van der Waals surface area contributed by atoms with Crippen LogP contribution in [-0.4, -0.2) is 39.5 Å². The first-order chi connectivity index (χ1) is 5.91. The Labute approximate surface area is 71.3 Å². The van der Waals surface area contributed by atoms with Crippen molar-refractivity contribution in [3.63, 3.8) is 0 Å². The van der Waals surface area contributed by atoms with Crippen LogP contribution in [0.25, 0.3) is 0 Å². The van der Waals surface area contributed by atoms with Crippen LogP contribution < -0.4 is 0 Å². The lowest BCUT2D eigenvalue weighted by Gasteiger charge is -2.01. The summed E-state index contributed by atoms with van der Waals surface area (Å²) < 4.78 is 10.1. The molecule has 0 bridgehead atoms. The lowest BCUT2D eigenvalue weighted by molar-refractivity contribution is 0.0532. The molecule has 70 valence electrons. The lowest BCUT2D eigenvalue weighted by atomic mass is 10.7. The van der Waals surface area contributed by atoms with Crippen molar-refractivity contribution in [3.05, 3.63) is 0 Å². The highest BCUT2D eigenvalue weighted by Crippen LogP contribution is 1.80. The van der Waals surface area contributed by atoms with Crippen molar-refractivity contribution in [1.82, 2.24) is 0 Å². The number of nitrogens with one attached hydrogen (secondary N) is 2.